The fourth-order valence-electron chi connectivity index (χ4n) is 1.94. The lowest BCUT2D eigenvalue weighted by atomic mass is 10.1. The smallest absolute Gasteiger partial charge is 0.238 e. The van der Waals surface area contributed by atoms with Crippen LogP contribution in [-0.4, -0.2) is 20.8 Å². The number of rotatable bonds is 3. The number of sulfonamides is 1. The van der Waals surface area contributed by atoms with Crippen molar-refractivity contribution in [1.82, 2.24) is 0 Å². The number of alkyl halides is 1. The van der Waals surface area contributed by atoms with Crippen LogP contribution in [0, 0.1) is 0 Å². The van der Waals surface area contributed by atoms with Gasteiger partial charge in [0.2, 0.25) is 15.8 Å². The average Bonchev–Trinajstić information content (AvgIpc) is 2.50. The van der Waals surface area contributed by atoms with Gasteiger partial charge in [-0.25, -0.2) is 13.6 Å². The summed E-state index contributed by atoms with van der Waals surface area (Å²) in [7, 11) is -3.75. The summed E-state index contributed by atoms with van der Waals surface area (Å²) in [6, 6.07) is 4.34. The number of nitrogens with two attached hydrogens (primary N) is 1. The molecular weight excluding hydrogens is 278 g/mol. The molecule has 0 radical (unpaired) electrons. The van der Waals surface area contributed by atoms with E-state index in [2.05, 4.69) is 0 Å². The van der Waals surface area contributed by atoms with E-state index < -0.39 is 21.2 Å². The highest BCUT2D eigenvalue weighted by Crippen LogP contribution is 2.48. The number of primary sulfonamides is 1. The van der Waals surface area contributed by atoms with Crippen LogP contribution in [-0.2, 0) is 14.8 Å². The standard InChI is InChI=1S/C11H14ClNO4S/c1-3-16-11(2)10(12)8-6-7(18(13,14)15)4-5-9(8)17-11/h4-6,10H,3H2,1-2H3,(H2,13,14,15). The summed E-state index contributed by atoms with van der Waals surface area (Å²) < 4.78 is 33.7. The summed E-state index contributed by atoms with van der Waals surface area (Å²) in [5, 5.41) is 4.49. The zero-order chi connectivity index (χ0) is 13.6. The topological polar surface area (TPSA) is 78.6 Å². The summed E-state index contributed by atoms with van der Waals surface area (Å²) in [6.45, 7) is 3.98. The Morgan fingerprint density at radius 3 is 2.78 bits per heavy atom. The van der Waals surface area contributed by atoms with Gasteiger partial charge >= 0.3 is 0 Å². The Balaban J connectivity index is 2.45. The van der Waals surface area contributed by atoms with Crippen molar-refractivity contribution in [1.29, 1.82) is 0 Å². The number of hydrogen-bond donors (Lipinski definition) is 1. The molecule has 0 aromatic heterocycles. The first kappa shape index (κ1) is 13.6. The molecule has 100 valence electrons. The van der Waals surface area contributed by atoms with Crippen molar-refractivity contribution in [3.63, 3.8) is 0 Å². The Labute approximate surface area is 111 Å². The summed E-state index contributed by atoms with van der Waals surface area (Å²) in [6.07, 6.45) is 0. The van der Waals surface area contributed by atoms with Crippen LogP contribution in [0.5, 0.6) is 5.75 Å². The minimum absolute atomic E-state index is 0.0104. The van der Waals surface area contributed by atoms with Gasteiger partial charge in [0.25, 0.3) is 0 Å². The fraction of sp³-hybridized carbons (Fsp3) is 0.455. The van der Waals surface area contributed by atoms with Crippen LogP contribution in [0.25, 0.3) is 0 Å². The van der Waals surface area contributed by atoms with Crippen molar-refractivity contribution in [2.45, 2.75) is 29.9 Å². The highest BCUT2D eigenvalue weighted by molar-refractivity contribution is 7.89. The van der Waals surface area contributed by atoms with Gasteiger partial charge in [-0.3, -0.25) is 0 Å². The first-order valence-corrected chi connectivity index (χ1v) is 7.40. The Kier molecular flexibility index (Phi) is 3.31. The molecule has 0 aliphatic carbocycles. The molecular formula is C11H14ClNO4S. The second-order valence-corrected chi connectivity index (χ2v) is 6.16. The van der Waals surface area contributed by atoms with Gasteiger partial charge in [-0.15, -0.1) is 11.6 Å². The van der Waals surface area contributed by atoms with Gasteiger partial charge in [-0.2, -0.15) is 0 Å². The summed E-state index contributed by atoms with van der Waals surface area (Å²) >= 11 is 6.27. The third kappa shape index (κ3) is 2.21. The molecule has 1 aromatic rings. The summed E-state index contributed by atoms with van der Waals surface area (Å²) in [5.41, 5.74) is 0.569. The third-order valence-corrected chi connectivity index (χ3v) is 4.33. The zero-order valence-corrected chi connectivity index (χ0v) is 11.6. The van der Waals surface area contributed by atoms with Crippen molar-refractivity contribution in [3.05, 3.63) is 23.8 Å². The molecule has 1 aromatic carbocycles. The second kappa shape index (κ2) is 4.38. The molecule has 7 heteroatoms. The normalized spacial score (nSPS) is 26.8. The minimum Gasteiger partial charge on any atom is -0.460 e. The van der Waals surface area contributed by atoms with E-state index >= 15 is 0 Å². The van der Waals surface area contributed by atoms with Crippen LogP contribution >= 0.6 is 11.6 Å². The fourth-order valence-corrected chi connectivity index (χ4v) is 2.76. The summed E-state index contributed by atoms with van der Waals surface area (Å²) in [5.74, 6) is -0.478. The molecule has 0 saturated heterocycles. The van der Waals surface area contributed by atoms with Gasteiger partial charge in [0.1, 0.15) is 11.1 Å². The molecule has 2 unspecified atom stereocenters. The van der Waals surface area contributed by atoms with Crippen molar-refractivity contribution >= 4 is 21.6 Å². The number of halogens is 1. The molecule has 0 fully saturated rings. The van der Waals surface area contributed by atoms with E-state index in [1.165, 1.54) is 18.2 Å². The number of benzene rings is 1. The van der Waals surface area contributed by atoms with Crippen molar-refractivity contribution in [3.8, 4) is 5.75 Å². The molecule has 2 rings (SSSR count). The lowest BCUT2D eigenvalue weighted by molar-refractivity contribution is -0.155. The van der Waals surface area contributed by atoms with E-state index in [9.17, 15) is 8.42 Å². The SMILES string of the molecule is CCOC1(C)Oc2ccc(S(N)(=O)=O)cc2C1Cl. The van der Waals surface area contributed by atoms with E-state index in [1.807, 2.05) is 6.92 Å². The number of ether oxygens (including phenoxy) is 2. The molecule has 5 nitrogen and oxygen atoms in total. The highest BCUT2D eigenvalue weighted by Gasteiger charge is 2.45. The van der Waals surface area contributed by atoms with E-state index in [4.69, 9.17) is 26.2 Å². The van der Waals surface area contributed by atoms with Gasteiger partial charge in [0.15, 0.2) is 0 Å². The van der Waals surface area contributed by atoms with Gasteiger partial charge in [-0.1, -0.05) is 0 Å². The number of hydrogen-bond acceptors (Lipinski definition) is 4. The van der Waals surface area contributed by atoms with Crippen LogP contribution in [0.3, 0.4) is 0 Å². The largest absolute Gasteiger partial charge is 0.460 e. The lowest BCUT2D eigenvalue weighted by Crippen LogP contribution is -2.35. The molecule has 0 spiro atoms. The minimum atomic E-state index is -3.75. The summed E-state index contributed by atoms with van der Waals surface area (Å²) in [4.78, 5) is 0.0104. The van der Waals surface area contributed by atoms with Crippen molar-refractivity contribution in [2.75, 3.05) is 6.61 Å². The van der Waals surface area contributed by atoms with Crippen LogP contribution in [0.15, 0.2) is 23.1 Å². The van der Waals surface area contributed by atoms with Gasteiger partial charge < -0.3 is 9.47 Å². The van der Waals surface area contributed by atoms with Crippen molar-refractivity contribution < 1.29 is 17.9 Å². The quantitative estimate of drug-likeness (QED) is 0.861. The third-order valence-electron chi connectivity index (χ3n) is 2.79. The highest BCUT2D eigenvalue weighted by atomic mass is 35.5. The second-order valence-electron chi connectivity index (χ2n) is 4.16. The average molecular weight is 292 g/mol. The van der Waals surface area contributed by atoms with Gasteiger partial charge in [0.05, 0.1) is 4.90 Å². The van der Waals surface area contributed by atoms with Crippen molar-refractivity contribution in [2.24, 2.45) is 5.14 Å². The van der Waals surface area contributed by atoms with Crippen LogP contribution < -0.4 is 9.88 Å². The Morgan fingerprint density at radius 1 is 1.56 bits per heavy atom. The molecule has 1 aliphatic heterocycles. The Hall–Kier alpha value is -0.820. The van der Waals surface area contributed by atoms with Crippen LogP contribution in [0.1, 0.15) is 24.8 Å². The van der Waals surface area contributed by atoms with Crippen LogP contribution in [0.2, 0.25) is 0 Å². The first-order chi connectivity index (χ1) is 8.28. The van der Waals surface area contributed by atoms with Gasteiger partial charge in [0, 0.05) is 19.1 Å². The molecule has 0 saturated carbocycles. The lowest BCUT2D eigenvalue weighted by Gasteiger charge is -2.26. The van der Waals surface area contributed by atoms with E-state index in [-0.39, 0.29) is 4.90 Å². The molecule has 18 heavy (non-hydrogen) atoms. The molecule has 1 heterocycles. The van der Waals surface area contributed by atoms with E-state index in [0.29, 0.717) is 17.9 Å². The van der Waals surface area contributed by atoms with E-state index in [1.54, 1.807) is 6.92 Å². The first-order valence-electron chi connectivity index (χ1n) is 5.41. The molecule has 1 aliphatic rings. The molecule has 0 amide bonds. The molecule has 0 bridgehead atoms. The maximum Gasteiger partial charge on any atom is 0.238 e. The zero-order valence-electron chi connectivity index (χ0n) is 10.0. The Bertz CT molecular complexity index is 574. The maximum absolute atomic E-state index is 11.3. The predicted octanol–water partition coefficient (Wildman–Crippen LogP) is 1.76. The monoisotopic (exact) mass is 291 g/mol. The Morgan fingerprint density at radius 2 is 2.22 bits per heavy atom. The number of fused-ring (bicyclic) bond motifs is 1. The van der Waals surface area contributed by atoms with Gasteiger partial charge in [-0.05, 0) is 25.1 Å². The van der Waals surface area contributed by atoms with Crippen LogP contribution in [0.4, 0.5) is 0 Å². The molecule has 2 atom stereocenters. The predicted molar refractivity (Wildman–Crippen MR) is 67.1 cm³/mol. The maximum atomic E-state index is 11.3. The molecule has 2 N–H and O–H groups in total. The van der Waals surface area contributed by atoms with E-state index in [0.717, 1.165) is 0 Å².